The average Bonchev–Trinajstić information content (AvgIpc) is 3.56. The van der Waals surface area contributed by atoms with E-state index in [0.717, 1.165) is 24.1 Å². The second-order valence-electron chi connectivity index (χ2n) is 7.74. The van der Waals surface area contributed by atoms with Crippen LogP contribution in [0.5, 0.6) is 5.75 Å². The summed E-state index contributed by atoms with van der Waals surface area (Å²) in [5.74, 6) is -0.422. The van der Waals surface area contributed by atoms with Crippen molar-refractivity contribution in [2.24, 2.45) is 0 Å². The van der Waals surface area contributed by atoms with Gasteiger partial charge in [0.2, 0.25) is 5.91 Å². The highest BCUT2D eigenvalue weighted by atomic mass is 16.6. The van der Waals surface area contributed by atoms with E-state index in [1.165, 1.54) is 5.56 Å². The molecule has 4 rings (SSSR count). The van der Waals surface area contributed by atoms with Gasteiger partial charge in [-0.3, -0.25) is 9.59 Å². The van der Waals surface area contributed by atoms with E-state index in [-0.39, 0.29) is 30.4 Å². The molecule has 0 saturated heterocycles. The molecule has 0 bridgehead atoms. The zero-order chi connectivity index (χ0) is 21.0. The lowest BCUT2D eigenvalue weighted by Crippen LogP contribution is -2.35. The van der Waals surface area contributed by atoms with Crippen molar-refractivity contribution in [1.29, 1.82) is 0 Å². The summed E-state index contributed by atoms with van der Waals surface area (Å²) in [5.41, 5.74) is 2.96. The van der Waals surface area contributed by atoms with Gasteiger partial charge in [0.05, 0.1) is 0 Å². The van der Waals surface area contributed by atoms with Crippen LogP contribution < -0.4 is 15.4 Å². The molecule has 2 amide bonds. The fourth-order valence-corrected chi connectivity index (χ4v) is 3.61. The van der Waals surface area contributed by atoms with Crippen LogP contribution in [-0.2, 0) is 31.0 Å². The van der Waals surface area contributed by atoms with Crippen molar-refractivity contribution < 1.29 is 23.9 Å². The first-order valence-electron chi connectivity index (χ1n) is 10.1. The third-order valence-corrected chi connectivity index (χ3v) is 5.56. The van der Waals surface area contributed by atoms with Crippen molar-refractivity contribution in [2.45, 2.75) is 31.1 Å². The standard InChI is InChI=1S/C23H24N2O5/c26-20-9-6-16-12-18(7-8-19(16)25-20)29-14-22(28)30-13-21(27)24-15-23(10-11-23)17-4-2-1-3-5-17/h1-5,7-8,12H,6,9-11,13-15H2,(H,24,27)(H,25,26). The minimum atomic E-state index is -0.611. The zero-order valence-corrected chi connectivity index (χ0v) is 16.6. The molecule has 2 aromatic carbocycles. The molecule has 2 N–H and O–H groups in total. The third kappa shape index (κ3) is 4.79. The number of hydrogen-bond donors (Lipinski definition) is 2. The first-order valence-corrected chi connectivity index (χ1v) is 10.1. The molecule has 1 aliphatic heterocycles. The summed E-state index contributed by atoms with van der Waals surface area (Å²) in [5, 5.41) is 5.65. The number of carbonyl (C=O) groups excluding carboxylic acids is 3. The van der Waals surface area contributed by atoms with E-state index in [1.54, 1.807) is 18.2 Å². The molecule has 156 valence electrons. The molecule has 1 fully saturated rings. The molecule has 1 saturated carbocycles. The quantitative estimate of drug-likeness (QED) is 0.654. The summed E-state index contributed by atoms with van der Waals surface area (Å²) in [7, 11) is 0. The molecule has 7 nitrogen and oxygen atoms in total. The number of ether oxygens (including phenoxy) is 2. The van der Waals surface area contributed by atoms with Gasteiger partial charge in [-0.2, -0.15) is 0 Å². The Hall–Kier alpha value is -3.35. The van der Waals surface area contributed by atoms with Gasteiger partial charge in [-0.05, 0) is 48.6 Å². The molecule has 0 unspecified atom stereocenters. The molecule has 30 heavy (non-hydrogen) atoms. The molecular weight excluding hydrogens is 384 g/mol. The summed E-state index contributed by atoms with van der Waals surface area (Å²) < 4.78 is 10.5. The van der Waals surface area contributed by atoms with Crippen molar-refractivity contribution in [2.75, 3.05) is 25.1 Å². The van der Waals surface area contributed by atoms with Crippen molar-refractivity contribution in [1.82, 2.24) is 5.32 Å². The monoisotopic (exact) mass is 408 g/mol. The normalized spacial score (nSPS) is 16.1. The van der Waals surface area contributed by atoms with Crippen LogP contribution in [0.3, 0.4) is 0 Å². The molecule has 1 aliphatic carbocycles. The minimum Gasteiger partial charge on any atom is -0.482 e. The molecule has 7 heteroatoms. The molecular formula is C23H24N2O5. The Morgan fingerprint density at radius 3 is 2.60 bits per heavy atom. The Labute approximate surface area is 174 Å². The van der Waals surface area contributed by atoms with Gasteiger partial charge in [0, 0.05) is 24.1 Å². The molecule has 1 heterocycles. The Balaban J connectivity index is 1.18. The Morgan fingerprint density at radius 2 is 1.83 bits per heavy atom. The van der Waals surface area contributed by atoms with Crippen molar-refractivity contribution in [3.63, 3.8) is 0 Å². The van der Waals surface area contributed by atoms with Crippen LogP contribution in [0.1, 0.15) is 30.4 Å². The maximum absolute atomic E-state index is 12.1. The number of aryl methyl sites for hydroxylation is 1. The van der Waals surface area contributed by atoms with Crippen LogP contribution in [0, 0.1) is 0 Å². The number of nitrogens with one attached hydrogen (secondary N) is 2. The minimum absolute atomic E-state index is 0.00519. The van der Waals surface area contributed by atoms with Gasteiger partial charge in [0.15, 0.2) is 13.2 Å². The van der Waals surface area contributed by atoms with E-state index in [0.29, 0.717) is 25.1 Å². The van der Waals surface area contributed by atoms with E-state index in [1.807, 2.05) is 18.2 Å². The SMILES string of the molecule is O=C(COC(=O)COc1ccc2c(c1)CCC(=O)N2)NCC1(c2ccccc2)CC1. The molecule has 0 radical (unpaired) electrons. The number of fused-ring (bicyclic) bond motifs is 1. The highest BCUT2D eigenvalue weighted by molar-refractivity contribution is 5.94. The number of hydrogen-bond acceptors (Lipinski definition) is 5. The van der Waals surface area contributed by atoms with E-state index in [9.17, 15) is 14.4 Å². The number of esters is 1. The highest BCUT2D eigenvalue weighted by Crippen LogP contribution is 2.47. The summed E-state index contributed by atoms with van der Waals surface area (Å²) >= 11 is 0. The Morgan fingerprint density at radius 1 is 1.03 bits per heavy atom. The van der Waals surface area contributed by atoms with Crippen LogP contribution >= 0.6 is 0 Å². The summed E-state index contributed by atoms with van der Waals surface area (Å²) in [6.45, 7) is -0.0782. The van der Waals surface area contributed by atoms with Crippen LogP contribution in [0.25, 0.3) is 0 Å². The maximum atomic E-state index is 12.1. The maximum Gasteiger partial charge on any atom is 0.344 e. The van der Waals surface area contributed by atoms with E-state index in [2.05, 4.69) is 22.8 Å². The zero-order valence-electron chi connectivity index (χ0n) is 16.6. The fourth-order valence-electron chi connectivity index (χ4n) is 3.61. The lowest BCUT2D eigenvalue weighted by atomic mass is 9.96. The van der Waals surface area contributed by atoms with Gasteiger partial charge in [-0.1, -0.05) is 30.3 Å². The topological polar surface area (TPSA) is 93.7 Å². The lowest BCUT2D eigenvalue weighted by molar-refractivity contribution is -0.150. The summed E-state index contributed by atoms with van der Waals surface area (Å²) in [6, 6.07) is 15.4. The Bertz CT molecular complexity index is 953. The van der Waals surface area contributed by atoms with E-state index in [4.69, 9.17) is 9.47 Å². The molecule has 2 aliphatic rings. The molecule has 2 aromatic rings. The average molecular weight is 408 g/mol. The van der Waals surface area contributed by atoms with Crippen LogP contribution in [-0.4, -0.2) is 37.5 Å². The summed E-state index contributed by atoms with van der Waals surface area (Å²) in [4.78, 5) is 35.3. The smallest absolute Gasteiger partial charge is 0.344 e. The first-order chi connectivity index (χ1) is 14.5. The lowest BCUT2D eigenvalue weighted by Gasteiger charge is -2.17. The Kier molecular flexibility index (Phi) is 5.70. The van der Waals surface area contributed by atoms with Gasteiger partial charge in [0.25, 0.3) is 5.91 Å². The molecule has 0 spiro atoms. The number of anilines is 1. The number of amides is 2. The highest BCUT2D eigenvalue weighted by Gasteiger charge is 2.44. The van der Waals surface area contributed by atoms with E-state index < -0.39 is 5.97 Å². The van der Waals surface area contributed by atoms with Crippen LogP contribution in [0.2, 0.25) is 0 Å². The van der Waals surface area contributed by atoms with Crippen LogP contribution in [0.4, 0.5) is 5.69 Å². The van der Waals surface area contributed by atoms with Gasteiger partial charge in [-0.15, -0.1) is 0 Å². The third-order valence-electron chi connectivity index (χ3n) is 5.56. The summed E-state index contributed by atoms with van der Waals surface area (Å²) in [6.07, 6.45) is 3.14. The second kappa shape index (κ2) is 8.57. The predicted octanol–water partition coefficient (Wildman–Crippen LogP) is 2.34. The van der Waals surface area contributed by atoms with Crippen LogP contribution in [0.15, 0.2) is 48.5 Å². The van der Waals surface area contributed by atoms with E-state index >= 15 is 0 Å². The fraction of sp³-hybridized carbons (Fsp3) is 0.348. The van der Waals surface area contributed by atoms with Crippen molar-refractivity contribution >= 4 is 23.5 Å². The van der Waals surface area contributed by atoms with Crippen molar-refractivity contribution in [3.05, 3.63) is 59.7 Å². The largest absolute Gasteiger partial charge is 0.482 e. The predicted molar refractivity (Wildman–Crippen MR) is 110 cm³/mol. The van der Waals surface area contributed by atoms with Gasteiger partial charge in [-0.25, -0.2) is 4.79 Å². The molecule has 0 aromatic heterocycles. The number of benzene rings is 2. The number of rotatable bonds is 8. The second-order valence-corrected chi connectivity index (χ2v) is 7.74. The van der Waals surface area contributed by atoms with Crippen molar-refractivity contribution in [3.8, 4) is 5.75 Å². The first kappa shape index (κ1) is 19.9. The number of carbonyl (C=O) groups is 3. The van der Waals surface area contributed by atoms with Gasteiger partial charge >= 0.3 is 5.97 Å². The molecule has 0 atom stereocenters. The van der Waals surface area contributed by atoms with Gasteiger partial charge < -0.3 is 20.1 Å². The van der Waals surface area contributed by atoms with Gasteiger partial charge in [0.1, 0.15) is 5.75 Å².